The second-order valence-corrected chi connectivity index (χ2v) is 2.20. The molecule has 0 bridgehead atoms. The predicted molar refractivity (Wildman–Crippen MR) is 28.7 cm³/mol. The first-order valence-electron chi connectivity index (χ1n) is 2.41. The van der Waals surface area contributed by atoms with Crippen molar-refractivity contribution in [3.05, 3.63) is 0 Å². The van der Waals surface area contributed by atoms with E-state index in [2.05, 4.69) is 9.22 Å². The summed E-state index contributed by atoms with van der Waals surface area (Å²) < 4.78 is 4.61. The van der Waals surface area contributed by atoms with Gasteiger partial charge in [0.1, 0.15) is 0 Å². The first kappa shape index (κ1) is 5.41. The van der Waals surface area contributed by atoms with Crippen LogP contribution in [0, 0.1) is 0 Å². The quantitative estimate of drug-likeness (QED) is 0.355. The van der Waals surface area contributed by atoms with Gasteiger partial charge in [-0.2, -0.15) is 4.33 Å². The lowest BCUT2D eigenvalue weighted by Gasteiger charge is -1.90. The molecule has 1 heterocycles. The van der Waals surface area contributed by atoms with Crippen LogP contribution in [0.5, 0.6) is 0 Å². The summed E-state index contributed by atoms with van der Waals surface area (Å²) in [7, 11) is 0. The SMILES string of the molecule is C1CCSOOC1. The van der Waals surface area contributed by atoms with Crippen molar-refractivity contribution in [1.29, 1.82) is 0 Å². The molecule has 0 aliphatic carbocycles. The van der Waals surface area contributed by atoms with Gasteiger partial charge < -0.3 is 0 Å². The molecule has 0 N–H and O–H groups in total. The molecule has 3 heteroatoms. The van der Waals surface area contributed by atoms with Crippen LogP contribution >= 0.6 is 12.0 Å². The summed E-state index contributed by atoms with van der Waals surface area (Å²) in [4.78, 5) is 4.66. The van der Waals surface area contributed by atoms with Gasteiger partial charge in [0, 0.05) is 17.8 Å². The number of hydrogen-bond acceptors (Lipinski definition) is 3. The van der Waals surface area contributed by atoms with E-state index < -0.39 is 0 Å². The van der Waals surface area contributed by atoms with Crippen molar-refractivity contribution in [3.63, 3.8) is 0 Å². The summed E-state index contributed by atoms with van der Waals surface area (Å²) in [6.45, 7) is 0.757. The van der Waals surface area contributed by atoms with E-state index >= 15 is 0 Å². The Kier molecular flexibility index (Phi) is 2.55. The van der Waals surface area contributed by atoms with Crippen molar-refractivity contribution in [1.82, 2.24) is 0 Å². The molecule has 1 fully saturated rings. The highest BCUT2D eigenvalue weighted by Gasteiger charge is 1.97. The predicted octanol–water partition coefficient (Wildman–Crippen LogP) is 1.38. The summed E-state index contributed by atoms with van der Waals surface area (Å²) in [5, 5.41) is 0. The van der Waals surface area contributed by atoms with Crippen molar-refractivity contribution in [2.24, 2.45) is 0 Å². The van der Waals surface area contributed by atoms with Gasteiger partial charge in [0.2, 0.25) is 0 Å². The van der Waals surface area contributed by atoms with Crippen LogP contribution in [0.25, 0.3) is 0 Å². The molecule has 42 valence electrons. The van der Waals surface area contributed by atoms with Crippen molar-refractivity contribution in [2.45, 2.75) is 12.8 Å². The second kappa shape index (κ2) is 3.29. The van der Waals surface area contributed by atoms with Crippen molar-refractivity contribution in [3.8, 4) is 0 Å². The van der Waals surface area contributed by atoms with Gasteiger partial charge >= 0.3 is 0 Å². The Bertz CT molecular complexity index is 29.3. The van der Waals surface area contributed by atoms with E-state index in [9.17, 15) is 0 Å². The molecule has 1 saturated heterocycles. The Morgan fingerprint density at radius 2 is 2.29 bits per heavy atom. The minimum atomic E-state index is 0.757. The van der Waals surface area contributed by atoms with Crippen LogP contribution in [-0.4, -0.2) is 12.4 Å². The van der Waals surface area contributed by atoms with Gasteiger partial charge in [-0.1, -0.05) is 0 Å². The van der Waals surface area contributed by atoms with Gasteiger partial charge in [0.25, 0.3) is 0 Å². The molecule has 0 aromatic heterocycles. The fraction of sp³-hybridized carbons (Fsp3) is 1.00. The Balaban J connectivity index is 2.04. The van der Waals surface area contributed by atoms with E-state index in [1.165, 1.54) is 18.5 Å². The summed E-state index contributed by atoms with van der Waals surface area (Å²) in [6, 6.07) is 0. The van der Waals surface area contributed by atoms with Crippen LogP contribution in [-0.2, 0) is 9.22 Å². The molecule has 2 nitrogen and oxygen atoms in total. The topological polar surface area (TPSA) is 18.5 Å². The highest BCUT2D eigenvalue weighted by molar-refractivity contribution is 7.94. The summed E-state index contributed by atoms with van der Waals surface area (Å²) in [5.74, 6) is 1.07. The standard InChI is InChI=1S/C4H8O2S/c1-2-4-7-6-5-3-1/h1-4H2. The maximum Gasteiger partial charge on any atom is 0.0835 e. The highest BCUT2D eigenvalue weighted by atomic mass is 32.2. The zero-order chi connectivity index (χ0) is 4.95. The Hall–Kier alpha value is 0.270. The smallest absolute Gasteiger partial charge is 0.0835 e. The minimum absolute atomic E-state index is 0.757. The van der Waals surface area contributed by atoms with Gasteiger partial charge in [-0.05, 0) is 12.8 Å². The molecule has 0 radical (unpaired) electrons. The lowest BCUT2D eigenvalue weighted by atomic mass is 10.4. The Labute approximate surface area is 47.3 Å². The Morgan fingerprint density at radius 1 is 1.29 bits per heavy atom. The third-order valence-electron chi connectivity index (χ3n) is 0.802. The molecule has 1 aliphatic heterocycles. The van der Waals surface area contributed by atoms with Gasteiger partial charge in [0.05, 0.1) is 6.61 Å². The maximum atomic E-state index is 4.66. The van der Waals surface area contributed by atoms with Gasteiger partial charge in [-0.25, -0.2) is 4.89 Å². The molecule has 0 saturated carbocycles. The van der Waals surface area contributed by atoms with E-state index in [-0.39, 0.29) is 0 Å². The molecule has 7 heavy (non-hydrogen) atoms. The van der Waals surface area contributed by atoms with Crippen LogP contribution in [0.2, 0.25) is 0 Å². The largest absolute Gasteiger partial charge is 0.224 e. The average molecular weight is 120 g/mol. The molecule has 0 atom stereocenters. The molecule has 0 unspecified atom stereocenters. The Morgan fingerprint density at radius 3 is 3.29 bits per heavy atom. The number of hydrogen-bond donors (Lipinski definition) is 0. The monoisotopic (exact) mass is 120 g/mol. The molecular weight excluding hydrogens is 112 g/mol. The second-order valence-electron chi connectivity index (χ2n) is 1.42. The van der Waals surface area contributed by atoms with Crippen molar-refractivity contribution < 1.29 is 9.22 Å². The van der Waals surface area contributed by atoms with Crippen molar-refractivity contribution >= 4 is 12.0 Å². The van der Waals surface area contributed by atoms with E-state index in [0.717, 1.165) is 18.8 Å². The van der Waals surface area contributed by atoms with E-state index in [1.807, 2.05) is 0 Å². The van der Waals surface area contributed by atoms with E-state index in [0.29, 0.717) is 0 Å². The van der Waals surface area contributed by atoms with Crippen LogP contribution < -0.4 is 0 Å². The van der Waals surface area contributed by atoms with E-state index in [1.54, 1.807) is 0 Å². The third-order valence-corrected chi connectivity index (χ3v) is 1.45. The molecule has 0 amide bonds. The molecular formula is C4H8O2S. The first-order chi connectivity index (χ1) is 3.50. The summed E-state index contributed by atoms with van der Waals surface area (Å²) in [5.41, 5.74) is 0. The number of rotatable bonds is 0. The van der Waals surface area contributed by atoms with Crippen molar-refractivity contribution in [2.75, 3.05) is 12.4 Å². The molecule has 0 spiro atoms. The molecule has 1 rings (SSSR count). The van der Waals surface area contributed by atoms with E-state index in [4.69, 9.17) is 0 Å². The highest BCUT2D eigenvalue weighted by Crippen LogP contribution is 2.11. The zero-order valence-corrected chi connectivity index (χ0v) is 4.87. The normalized spacial score (nSPS) is 24.0. The fourth-order valence-corrected chi connectivity index (χ4v) is 0.950. The molecule has 1 aliphatic rings. The zero-order valence-electron chi connectivity index (χ0n) is 4.05. The van der Waals surface area contributed by atoms with Crippen LogP contribution in [0.1, 0.15) is 12.8 Å². The average Bonchev–Trinajstić information content (AvgIpc) is 1.90. The van der Waals surface area contributed by atoms with Gasteiger partial charge in [-0.15, -0.1) is 0 Å². The third kappa shape index (κ3) is 2.16. The lowest BCUT2D eigenvalue weighted by Crippen LogP contribution is -1.84. The lowest BCUT2D eigenvalue weighted by molar-refractivity contribution is -0.188. The van der Waals surface area contributed by atoms with Crippen LogP contribution in [0.3, 0.4) is 0 Å². The van der Waals surface area contributed by atoms with Gasteiger partial charge in [0.15, 0.2) is 0 Å². The first-order valence-corrected chi connectivity index (χ1v) is 3.32. The molecule has 0 aromatic carbocycles. The minimum Gasteiger partial charge on any atom is -0.224 e. The van der Waals surface area contributed by atoms with Crippen LogP contribution in [0.4, 0.5) is 0 Å². The molecule has 0 aromatic rings. The van der Waals surface area contributed by atoms with Gasteiger partial charge in [-0.3, -0.25) is 0 Å². The fourth-order valence-electron chi connectivity index (χ4n) is 0.424. The summed E-state index contributed by atoms with van der Waals surface area (Å²) >= 11 is 1.39. The maximum absolute atomic E-state index is 4.66. The van der Waals surface area contributed by atoms with Crippen LogP contribution in [0.15, 0.2) is 0 Å². The summed E-state index contributed by atoms with van der Waals surface area (Å²) in [6.07, 6.45) is 2.34.